The van der Waals surface area contributed by atoms with Gasteiger partial charge in [0.05, 0.1) is 7.11 Å². The normalized spacial score (nSPS) is 10.6. The summed E-state index contributed by atoms with van der Waals surface area (Å²) >= 11 is 5.89. The second kappa shape index (κ2) is 9.98. The number of ether oxygens (including phenoxy) is 2. The number of hydrogen-bond donors (Lipinski definition) is 1. The summed E-state index contributed by atoms with van der Waals surface area (Å²) in [5.41, 5.74) is 1.46. The number of nitrogens with one attached hydrogen (secondary N) is 1. The van der Waals surface area contributed by atoms with Gasteiger partial charge in [0.2, 0.25) is 17.6 Å². The average molecular weight is 450 g/mol. The van der Waals surface area contributed by atoms with Crippen LogP contribution in [0.1, 0.15) is 12.3 Å². The molecule has 1 N–H and O–H groups in total. The Morgan fingerprint density at radius 3 is 2.44 bits per heavy atom. The quantitative estimate of drug-likeness (QED) is 0.368. The highest BCUT2D eigenvalue weighted by atomic mass is 35.5. The molecular formula is C24H20ClN3O4. The molecule has 4 aromatic rings. The van der Waals surface area contributed by atoms with E-state index in [-0.39, 0.29) is 12.3 Å². The third-order valence-electron chi connectivity index (χ3n) is 4.57. The van der Waals surface area contributed by atoms with Crippen LogP contribution >= 0.6 is 11.6 Å². The van der Waals surface area contributed by atoms with Gasteiger partial charge in [0.15, 0.2) is 11.5 Å². The number of aromatic nitrogens is 2. The van der Waals surface area contributed by atoms with Gasteiger partial charge in [0, 0.05) is 29.1 Å². The number of carbonyl (C=O) groups is 1. The van der Waals surface area contributed by atoms with E-state index in [4.69, 9.17) is 25.6 Å². The lowest BCUT2D eigenvalue weighted by Crippen LogP contribution is -2.12. The maximum atomic E-state index is 12.3. The summed E-state index contributed by atoms with van der Waals surface area (Å²) in [6.07, 6.45) is 0.545. The van der Waals surface area contributed by atoms with Crippen molar-refractivity contribution in [1.29, 1.82) is 0 Å². The zero-order chi connectivity index (χ0) is 22.3. The number of carbonyl (C=O) groups excluding carboxylic acids is 1. The molecule has 0 aliphatic heterocycles. The molecule has 0 radical (unpaired) electrons. The van der Waals surface area contributed by atoms with Crippen LogP contribution in [0.3, 0.4) is 0 Å². The van der Waals surface area contributed by atoms with Crippen molar-refractivity contribution < 1.29 is 18.8 Å². The molecule has 162 valence electrons. The van der Waals surface area contributed by atoms with Crippen LogP contribution in [-0.4, -0.2) is 23.2 Å². The van der Waals surface area contributed by atoms with Gasteiger partial charge in [-0.15, -0.1) is 0 Å². The number of halogens is 1. The average Bonchev–Trinajstić information content (AvgIpc) is 3.29. The van der Waals surface area contributed by atoms with Crippen LogP contribution in [0, 0.1) is 0 Å². The maximum Gasteiger partial charge on any atom is 0.227 e. The molecule has 8 heteroatoms. The lowest BCUT2D eigenvalue weighted by atomic mass is 10.2. The molecule has 3 aromatic carbocycles. The van der Waals surface area contributed by atoms with Gasteiger partial charge in [-0.2, -0.15) is 4.98 Å². The van der Waals surface area contributed by atoms with Crippen molar-refractivity contribution in [2.75, 3.05) is 12.4 Å². The molecule has 1 amide bonds. The summed E-state index contributed by atoms with van der Waals surface area (Å²) in [5.74, 6) is 2.59. The van der Waals surface area contributed by atoms with Gasteiger partial charge in [0.25, 0.3) is 0 Å². The van der Waals surface area contributed by atoms with E-state index in [0.29, 0.717) is 46.1 Å². The van der Waals surface area contributed by atoms with E-state index in [2.05, 4.69) is 15.5 Å². The predicted octanol–water partition coefficient (Wildman–Crippen LogP) is 5.76. The number of nitrogens with zero attached hydrogens (tertiary/aromatic N) is 2. The molecule has 0 saturated heterocycles. The Hall–Kier alpha value is -3.84. The van der Waals surface area contributed by atoms with Gasteiger partial charge >= 0.3 is 0 Å². The number of aryl methyl sites for hydroxylation is 1. The smallest absolute Gasteiger partial charge is 0.227 e. The molecule has 1 aromatic heterocycles. The maximum absolute atomic E-state index is 12.3. The van der Waals surface area contributed by atoms with Crippen molar-refractivity contribution in [3.05, 3.63) is 83.7 Å². The molecule has 4 rings (SSSR count). The molecule has 0 atom stereocenters. The Labute approximate surface area is 189 Å². The summed E-state index contributed by atoms with van der Waals surface area (Å²) in [6.45, 7) is 0. The second-order valence-corrected chi connectivity index (χ2v) is 7.28. The summed E-state index contributed by atoms with van der Waals surface area (Å²) in [5, 5.41) is 7.43. The van der Waals surface area contributed by atoms with Crippen LogP contribution in [0.4, 0.5) is 5.69 Å². The molecule has 0 fully saturated rings. The first-order chi connectivity index (χ1) is 15.6. The summed E-state index contributed by atoms with van der Waals surface area (Å²) in [6, 6.07) is 21.6. The zero-order valence-electron chi connectivity index (χ0n) is 17.2. The number of rotatable bonds is 8. The van der Waals surface area contributed by atoms with Crippen molar-refractivity contribution in [3.8, 4) is 28.6 Å². The summed E-state index contributed by atoms with van der Waals surface area (Å²) in [4.78, 5) is 16.6. The highest BCUT2D eigenvalue weighted by molar-refractivity contribution is 6.30. The van der Waals surface area contributed by atoms with Crippen LogP contribution in [0.5, 0.6) is 17.2 Å². The highest BCUT2D eigenvalue weighted by Gasteiger charge is 2.11. The third kappa shape index (κ3) is 5.44. The second-order valence-electron chi connectivity index (χ2n) is 6.84. The molecule has 1 heterocycles. The summed E-state index contributed by atoms with van der Waals surface area (Å²) < 4.78 is 16.4. The zero-order valence-corrected chi connectivity index (χ0v) is 18.0. The molecule has 0 spiro atoms. The van der Waals surface area contributed by atoms with Crippen molar-refractivity contribution >= 4 is 23.2 Å². The van der Waals surface area contributed by atoms with Crippen molar-refractivity contribution in [2.45, 2.75) is 12.8 Å². The Kier molecular flexibility index (Phi) is 6.67. The number of anilines is 1. The Morgan fingerprint density at radius 2 is 1.72 bits per heavy atom. The number of hydrogen-bond acceptors (Lipinski definition) is 6. The molecule has 0 aliphatic rings. The monoisotopic (exact) mass is 449 g/mol. The molecule has 0 bridgehead atoms. The van der Waals surface area contributed by atoms with E-state index < -0.39 is 0 Å². The molecule has 7 nitrogen and oxygen atoms in total. The number of amides is 1. The van der Waals surface area contributed by atoms with E-state index in [1.807, 2.05) is 36.4 Å². The largest absolute Gasteiger partial charge is 0.493 e. The summed E-state index contributed by atoms with van der Waals surface area (Å²) in [7, 11) is 1.59. The van der Waals surface area contributed by atoms with Crippen molar-refractivity contribution in [2.24, 2.45) is 0 Å². The highest BCUT2D eigenvalue weighted by Crippen LogP contribution is 2.31. The fourth-order valence-electron chi connectivity index (χ4n) is 2.95. The van der Waals surface area contributed by atoms with Crippen LogP contribution in [0.2, 0.25) is 5.02 Å². The Bertz CT molecular complexity index is 1190. The Morgan fingerprint density at radius 1 is 1.00 bits per heavy atom. The molecule has 0 unspecified atom stereocenters. The van der Waals surface area contributed by atoms with E-state index in [9.17, 15) is 4.79 Å². The van der Waals surface area contributed by atoms with E-state index in [1.165, 1.54) is 0 Å². The van der Waals surface area contributed by atoms with Crippen molar-refractivity contribution in [1.82, 2.24) is 10.1 Å². The fourth-order valence-corrected chi connectivity index (χ4v) is 3.08. The first kappa shape index (κ1) is 21.4. The first-order valence-electron chi connectivity index (χ1n) is 9.90. The van der Waals surface area contributed by atoms with Gasteiger partial charge in [-0.05, 0) is 60.7 Å². The molecule has 0 saturated carbocycles. The van der Waals surface area contributed by atoms with Crippen LogP contribution in [0.25, 0.3) is 11.4 Å². The number of methoxy groups -OCH3 is 1. The number of para-hydroxylation sites is 2. The van der Waals surface area contributed by atoms with Gasteiger partial charge in [-0.25, -0.2) is 0 Å². The fraction of sp³-hybridized carbons (Fsp3) is 0.125. The standard InChI is InChI=1S/C24H20ClN3O4/c1-30-20-4-2-3-5-21(20)31-19-12-10-18(11-13-19)26-22(29)14-15-23-27-24(28-32-23)16-6-8-17(25)9-7-16/h2-13H,14-15H2,1H3,(H,26,29). The topological polar surface area (TPSA) is 86.5 Å². The van der Waals surface area contributed by atoms with Gasteiger partial charge in [-0.3, -0.25) is 4.79 Å². The van der Waals surface area contributed by atoms with Crippen LogP contribution in [-0.2, 0) is 11.2 Å². The van der Waals surface area contributed by atoms with Crippen molar-refractivity contribution in [3.63, 3.8) is 0 Å². The van der Waals surface area contributed by atoms with E-state index in [0.717, 1.165) is 5.56 Å². The third-order valence-corrected chi connectivity index (χ3v) is 4.82. The SMILES string of the molecule is COc1ccccc1Oc1ccc(NC(=O)CCc2nc(-c3ccc(Cl)cc3)no2)cc1. The Balaban J connectivity index is 1.29. The van der Waals surface area contributed by atoms with Gasteiger partial charge < -0.3 is 19.3 Å². The van der Waals surface area contributed by atoms with E-state index in [1.54, 1.807) is 43.5 Å². The van der Waals surface area contributed by atoms with Crippen LogP contribution in [0.15, 0.2) is 77.3 Å². The first-order valence-corrected chi connectivity index (χ1v) is 10.3. The number of benzene rings is 3. The van der Waals surface area contributed by atoms with Gasteiger partial charge in [0.1, 0.15) is 5.75 Å². The van der Waals surface area contributed by atoms with Gasteiger partial charge in [-0.1, -0.05) is 28.9 Å². The molecular weight excluding hydrogens is 430 g/mol. The molecule has 0 aliphatic carbocycles. The lowest BCUT2D eigenvalue weighted by Gasteiger charge is -2.10. The van der Waals surface area contributed by atoms with E-state index >= 15 is 0 Å². The minimum atomic E-state index is -0.158. The lowest BCUT2D eigenvalue weighted by molar-refractivity contribution is -0.116. The van der Waals surface area contributed by atoms with Crippen LogP contribution < -0.4 is 14.8 Å². The molecule has 32 heavy (non-hydrogen) atoms. The minimum Gasteiger partial charge on any atom is -0.493 e. The minimum absolute atomic E-state index is 0.158. The predicted molar refractivity (Wildman–Crippen MR) is 121 cm³/mol.